The first kappa shape index (κ1) is 28.6. The molecule has 1 rings (SSSR count). The van der Waals surface area contributed by atoms with Gasteiger partial charge in [-0.05, 0) is 18.3 Å². The van der Waals surface area contributed by atoms with Crippen molar-refractivity contribution in [2.75, 3.05) is 0 Å². The van der Waals surface area contributed by atoms with Crippen LogP contribution in [0.25, 0.3) is 0 Å². The molecule has 1 aliphatic carbocycles. The van der Waals surface area contributed by atoms with E-state index < -0.39 is 42.0 Å². The zero-order valence-corrected chi connectivity index (χ0v) is 19.0. The lowest BCUT2D eigenvalue weighted by atomic mass is 9.80. The van der Waals surface area contributed by atoms with Gasteiger partial charge in [0.2, 0.25) is 5.91 Å². The van der Waals surface area contributed by atoms with Gasteiger partial charge in [-0.1, -0.05) is 40.5 Å². The lowest BCUT2D eigenvalue weighted by molar-refractivity contribution is -0.145. The Hall–Kier alpha value is -2.40. The van der Waals surface area contributed by atoms with Gasteiger partial charge in [-0.2, -0.15) is 0 Å². The van der Waals surface area contributed by atoms with Crippen LogP contribution in [0.1, 0.15) is 53.9 Å². The molecule has 6 atom stereocenters. The van der Waals surface area contributed by atoms with Crippen LogP contribution in [0.4, 0.5) is 0 Å². The van der Waals surface area contributed by atoms with Gasteiger partial charge in [0.05, 0.1) is 18.1 Å². The fraction of sp³-hybridized carbons (Fsp3) is 0.800. The number of aliphatic carboxylic acids is 2. The zero-order chi connectivity index (χ0) is 24.5. The minimum Gasteiger partial charge on any atom is -0.481 e. The average Bonchev–Trinajstić information content (AvgIpc) is 2.96. The number of aliphatic hydroxyl groups excluding tert-OH is 1. The molecule has 180 valence electrons. The van der Waals surface area contributed by atoms with Crippen molar-refractivity contribution >= 4 is 23.8 Å². The van der Waals surface area contributed by atoms with Gasteiger partial charge in [0.15, 0.2) is 5.96 Å². The molecular formula is C20H39N5O6. The summed E-state index contributed by atoms with van der Waals surface area (Å²) in [6.07, 6.45) is 0.612. The van der Waals surface area contributed by atoms with Crippen LogP contribution >= 0.6 is 0 Å². The average molecular weight is 446 g/mol. The van der Waals surface area contributed by atoms with Crippen molar-refractivity contribution in [1.29, 1.82) is 0 Å². The number of nitrogens with zero attached hydrogens (tertiary/aromatic N) is 1. The van der Waals surface area contributed by atoms with Crippen LogP contribution in [-0.4, -0.2) is 63.4 Å². The smallest absolute Gasteiger partial charge is 0.320 e. The number of hydrogen-bond acceptors (Lipinski definition) is 6. The van der Waals surface area contributed by atoms with Gasteiger partial charge in [-0.25, -0.2) is 4.99 Å². The number of hydrogen-bond donors (Lipinski definition) is 7. The lowest BCUT2D eigenvalue weighted by Gasteiger charge is -2.35. The molecule has 1 amide bonds. The Morgan fingerprint density at radius 1 is 1.13 bits per heavy atom. The first-order chi connectivity index (χ1) is 14.3. The van der Waals surface area contributed by atoms with E-state index in [9.17, 15) is 24.6 Å². The summed E-state index contributed by atoms with van der Waals surface area (Å²) < 4.78 is 0. The fourth-order valence-electron chi connectivity index (χ4n) is 3.93. The Morgan fingerprint density at radius 3 is 1.94 bits per heavy atom. The van der Waals surface area contributed by atoms with E-state index in [2.05, 4.69) is 10.3 Å². The Kier molecular flexibility index (Phi) is 12.1. The Bertz CT molecular complexity index is 634. The molecule has 0 heterocycles. The van der Waals surface area contributed by atoms with E-state index in [1.807, 2.05) is 13.8 Å². The highest BCUT2D eigenvalue weighted by Crippen LogP contribution is 2.39. The maximum absolute atomic E-state index is 11.6. The number of carboxylic acids is 2. The number of nitrogens with one attached hydrogen (secondary N) is 1. The monoisotopic (exact) mass is 445 g/mol. The van der Waals surface area contributed by atoms with Crippen LogP contribution in [-0.2, 0) is 14.4 Å². The maximum atomic E-state index is 11.6. The van der Waals surface area contributed by atoms with Gasteiger partial charge in [0.25, 0.3) is 0 Å². The molecule has 0 spiro atoms. The fourth-order valence-corrected chi connectivity index (χ4v) is 3.93. The molecule has 1 unspecified atom stereocenters. The third-order valence-corrected chi connectivity index (χ3v) is 5.72. The van der Waals surface area contributed by atoms with E-state index in [0.29, 0.717) is 0 Å². The predicted octanol–water partition coefficient (Wildman–Crippen LogP) is -0.295. The molecule has 0 aromatic heterocycles. The van der Waals surface area contributed by atoms with Crippen molar-refractivity contribution < 1.29 is 29.7 Å². The summed E-state index contributed by atoms with van der Waals surface area (Å²) in [4.78, 5) is 37.1. The Labute approximate surface area is 183 Å². The van der Waals surface area contributed by atoms with E-state index in [1.54, 1.807) is 13.8 Å². The number of rotatable bonds is 9. The number of nitrogens with two attached hydrogens (primary N) is 3. The van der Waals surface area contributed by atoms with Crippen LogP contribution in [0.5, 0.6) is 0 Å². The van der Waals surface area contributed by atoms with Crippen molar-refractivity contribution in [1.82, 2.24) is 5.32 Å². The maximum Gasteiger partial charge on any atom is 0.320 e. The number of carbonyl (C=O) groups excluding carboxylic acids is 1. The normalized spacial score (nSPS) is 24.7. The third-order valence-electron chi connectivity index (χ3n) is 5.72. The topological polar surface area (TPSA) is 214 Å². The molecule has 1 saturated carbocycles. The molecule has 1 aliphatic rings. The van der Waals surface area contributed by atoms with Crippen molar-refractivity contribution in [2.24, 2.45) is 45.9 Å². The molecule has 0 bridgehead atoms. The molecule has 0 aromatic rings. The third kappa shape index (κ3) is 8.70. The van der Waals surface area contributed by atoms with Crippen LogP contribution in [0.2, 0.25) is 0 Å². The molecule has 0 aromatic carbocycles. The second-order valence-electron chi connectivity index (χ2n) is 8.28. The number of amides is 1. The first-order valence-corrected chi connectivity index (χ1v) is 10.5. The highest BCUT2D eigenvalue weighted by molar-refractivity contribution is 5.77. The number of carbonyl (C=O) groups is 3. The van der Waals surface area contributed by atoms with E-state index in [4.69, 9.17) is 22.3 Å². The molecular weight excluding hydrogens is 406 g/mol. The summed E-state index contributed by atoms with van der Waals surface area (Å²) in [5, 5.41) is 31.0. The molecule has 0 saturated heterocycles. The quantitative estimate of drug-likeness (QED) is 0.183. The second-order valence-corrected chi connectivity index (χ2v) is 8.28. The molecule has 11 nitrogen and oxygen atoms in total. The summed E-state index contributed by atoms with van der Waals surface area (Å²) in [7, 11) is 0. The summed E-state index contributed by atoms with van der Waals surface area (Å²) in [6.45, 7) is 8.95. The Morgan fingerprint density at radius 2 is 1.65 bits per heavy atom. The van der Waals surface area contributed by atoms with E-state index in [1.165, 1.54) is 6.92 Å². The van der Waals surface area contributed by atoms with Crippen molar-refractivity contribution in [3.8, 4) is 0 Å². The summed E-state index contributed by atoms with van der Waals surface area (Å²) in [6, 6.07) is -1.63. The van der Waals surface area contributed by atoms with Crippen LogP contribution in [0.3, 0.4) is 0 Å². The summed E-state index contributed by atoms with van der Waals surface area (Å²) in [5.41, 5.74) is 16.1. The number of guanidine groups is 1. The highest BCUT2D eigenvalue weighted by Gasteiger charge is 2.50. The molecule has 1 fully saturated rings. The van der Waals surface area contributed by atoms with Crippen LogP contribution in [0.15, 0.2) is 4.99 Å². The van der Waals surface area contributed by atoms with Crippen molar-refractivity contribution in [3.63, 3.8) is 0 Å². The molecule has 31 heavy (non-hydrogen) atoms. The van der Waals surface area contributed by atoms with Crippen molar-refractivity contribution in [3.05, 3.63) is 0 Å². The van der Waals surface area contributed by atoms with Gasteiger partial charge >= 0.3 is 11.9 Å². The Balaban J connectivity index is 0.000000954. The van der Waals surface area contributed by atoms with Crippen LogP contribution < -0.4 is 22.5 Å². The minimum atomic E-state index is -1.11. The number of aliphatic hydroxyl groups is 1. The first-order valence-electron chi connectivity index (χ1n) is 10.5. The number of carboxylic acid groups (broad SMARTS) is 2. The summed E-state index contributed by atoms with van der Waals surface area (Å²) >= 11 is 0. The molecule has 0 aliphatic heterocycles. The molecule has 10 N–H and O–H groups in total. The van der Waals surface area contributed by atoms with E-state index in [0.717, 1.165) is 12.8 Å². The van der Waals surface area contributed by atoms with E-state index in [-0.39, 0.29) is 36.2 Å². The predicted molar refractivity (Wildman–Crippen MR) is 117 cm³/mol. The standard InChI is InChI=1S/C15H28N4O4.C5H11NO2/c1-4-8(5-2)12(18-7(3)20)11-10(19-15(16)17)6-9(13(11)21)14(22)23;1-3(2)4(6)5(7)8/h8-13,21H,4-6H2,1-3H3,(H,18,20)(H,22,23)(H4,16,17,19);3-4H,6H2,1-2H3,(H,7,8)/t9-,10+,11+,12-,13+;/m0./s1. The SMILES string of the molecule is CC(C)C(N)C(=O)O.CCC(CC)[C@H](NC(C)=O)[C@@H]1[C@H](O)[C@@H](C(=O)O)C[C@H]1N=C(N)N. The van der Waals surface area contributed by atoms with E-state index >= 15 is 0 Å². The van der Waals surface area contributed by atoms with Gasteiger partial charge in [0, 0.05) is 18.9 Å². The van der Waals surface area contributed by atoms with Crippen LogP contribution in [0, 0.1) is 23.7 Å². The zero-order valence-electron chi connectivity index (χ0n) is 19.0. The van der Waals surface area contributed by atoms with Gasteiger partial charge in [-0.3, -0.25) is 14.4 Å². The largest absolute Gasteiger partial charge is 0.481 e. The lowest BCUT2D eigenvalue weighted by Crippen LogP contribution is -2.51. The minimum absolute atomic E-state index is 0.0208. The highest BCUT2D eigenvalue weighted by atomic mass is 16.4. The molecule has 11 heteroatoms. The molecule has 0 radical (unpaired) electrons. The second kappa shape index (κ2) is 13.1. The number of aliphatic imine (C=N–C) groups is 1. The van der Waals surface area contributed by atoms with Gasteiger partial charge in [0.1, 0.15) is 6.04 Å². The van der Waals surface area contributed by atoms with Crippen molar-refractivity contribution in [2.45, 2.75) is 78.1 Å². The van der Waals surface area contributed by atoms with Gasteiger partial charge < -0.3 is 37.8 Å². The summed E-state index contributed by atoms with van der Waals surface area (Å²) in [5.74, 6) is -3.75. The van der Waals surface area contributed by atoms with Gasteiger partial charge in [-0.15, -0.1) is 0 Å².